The average Bonchev–Trinajstić information content (AvgIpc) is 3.67. The number of amides is 3. The Morgan fingerprint density at radius 1 is 1.24 bits per heavy atom. The molecule has 3 heterocycles. The predicted molar refractivity (Wildman–Crippen MR) is 153 cm³/mol. The van der Waals surface area contributed by atoms with E-state index in [4.69, 9.17) is 4.74 Å². The first-order valence-electron chi connectivity index (χ1n) is 13.9. The minimum atomic E-state index is -0.857. The van der Waals surface area contributed by atoms with E-state index in [-0.39, 0.29) is 24.2 Å². The number of nitrogens with zero attached hydrogens (tertiary/aromatic N) is 2. The molecule has 0 spiro atoms. The van der Waals surface area contributed by atoms with Gasteiger partial charge in [0.25, 0.3) is 5.91 Å². The fourth-order valence-corrected chi connectivity index (χ4v) is 5.16. The van der Waals surface area contributed by atoms with Crippen LogP contribution in [0.1, 0.15) is 55.0 Å². The Balaban J connectivity index is 1.51. The van der Waals surface area contributed by atoms with Gasteiger partial charge >= 0.3 is 0 Å². The topological polar surface area (TPSA) is 177 Å². The van der Waals surface area contributed by atoms with Crippen LogP contribution in [0, 0.1) is 30.1 Å². The summed E-state index contributed by atoms with van der Waals surface area (Å²) in [5, 5.41) is 29.7. The Morgan fingerprint density at radius 2 is 2.05 bits per heavy atom. The SMILES string of the molecule is COc1cccc2[nH]c(C(=O)N[C@@H](CC(C)C)C(=O)N[C@@H](C[C@@H]3CCNC3=O)C(C#N)NCc3cc(C)[nH]n3)cc12. The van der Waals surface area contributed by atoms with Crippen LogP contribution in [0.5, 0.6) is 5.75 Å². The number of ether oxygens (including phenoxy) is 1. The number of carbonyl (C=O) groups is 3. The summed E-state index contributed by atoms with van der Waals surface area (Å²) in [7, 11) is 1.56. The Kier molecular flexibility index (Phi) is 9.62. The maximum absolute atomic E-state index is 13.7. The number of hydrogen-bond acceptors (Lipinski definition) is 7. The Morgan fingerprint density at radius 3 is 2.68 bits per heavy atom. The maximum Gasteiger partial charge on any atom is 0.268 e. The summed E-state index contributed by atoms with van der Waals surface area (Å²) in [6.45, 7) is 6.68. The van der Waals surface area contributed by atoms with Crippen LogP contribution in [-0.4, -0.2) is 64.7 Å². The molecule has 3 aromatic rings. The van der Waals surface area contributed by atoms with E-state index < -0.39 is 29.9 Å². The lowest BCUT2D eigenvalue weighted by Gasteiger charge is -2.28. The number of rotatable bonds is 13. The normalized spacial score (nSPS) is 17.1. The van der Waals surface area contributed by atoms with E-state index in [0.29, 0.717) is 37.4 Å². The molecule has 0 radical (unpaired) electrons. The molecular formula is C29H38N8O4. The third kappa shape index (κ3) is 7.43. The van der Waals surface area contributed by atoms with Crippen LogP contribution in [0.15, 0.2) is 30.3 Å². The molecule has 3 amide bonds. The van der Waals surface area contributed by atoms with Crippen LogP contribution in [-0.2, 0) is 16.1 Å². The second-order valence-corrected chi connectivity index (χ2v) is 10.9. The lowest BCUT2D eigenvalue weighted by Crippen LogP contribution is -2.56. The zero-order valence-electron chi connectivity index (χ0n) is 23.8. The zero-order chi connectivity index (χ0) is 29.5. The van der Waals surface area contributed by atoms with Gasteiger partial charge in [-0.2, -0.15) is 10.4 Å². The number of H-pyrrole nitrogens is 2. The van der Waals surface area contributed by atoms with Crippen molar-refractivity contribution < 1.29 is 19.1 Å². The highest BCUT2D eigenvalue weighted by Crippen LogP contribution is 2.26. The van der Waals surface area contributed by atoms with Crippen molar-refractivity contribution in [1.82, 2.24) is 36.4 Å². The highest BCUT2D eigenvalue weighted by molar-refractivity contribution is 6.01. The molecule has 12 heteroatoms. The smallest absolute Gasteiger partial charge is 0.268 e. The minimum Gasteiger partial charge on any atom is -0.496 e. The van der Waals surface area contributed by atoms with Crippen molar-refractivity contribution in [2.24, 2.45) is 11.8 Å². The van der Waals surface area contributed by atoms with E-state index in [9.17, 15) is 19.6 Å². The molecule has 4 atom stereocenters. The lowest BCUT2D eigenvalue weighted by atomic mass is 9.93. The first-order chi connectivity index (χ1) is 19.7. The van der Waals surface area contributed by atoms with Crippen LogP contribution < -0.4 is 26.0 Å². The highest BCUT2D eigenvalue weighted by Gasteiger charge is 2.34. The first-order valence-corrected chi connectivity index (χ1v) is 13.9. The predicted octanol–water partition coefficient (Wildman–Crippen LogP) is 2.05. The van der Waals surface area contributed by atoms with Crippen molar-refractivity contribution in [2.45, 2.75) is 64.7 Å². The van der Waals surface area contributed by atoms with Crippen molar-refractivity contribution in [3.05, 3.63) is 47.4 Å². The lowest BCUT2D eigenvalue weighted by molar-refractivity contribution is -0.126. The summed E-state index contributed by atoms with van der Waals surface area (Å²) < 4.78 is 5.40. The van der Waals surface area contributed by atoms with Crippen LogP contribution >= 0.6 is 0 Å². The second kappa shape index (κ2) is 13.3. The molecule has 6 N–H and O–H groups in total. The number of aromatic amines is 2. The molecular weight excluding hydrogens is 524 g/mol. The van der Waals surface area contributed by atoms with Crippen molar-refractivity contribution in [3.8, 4) is 11.8 Å². The van der Waals surface area contributed by atoms with Gasteiger partial charge in [-0.1, -0.05) is 19.9 Å². The maximum atomic E-state index is 13.7. The number of methoxy groups -OCH3 is 1. The number of aromatic nitrogens is 3. The molecule has 12 nitrogen and oxygen atoms in total. The van der Waals surface area contributed by atoms with Crippen LogP contribution in [0.3, 0.4) is 0 Å². The highest BCUT2D eigenvalue weighted by atomic mass is 16.5. The monoisotopic (exact) mass is 562 g/mol. The molecule has 1 aliphatic heterocycles. The summed E-state index contributed by atoms with van der Waals surface area (Å²) >= 11 is 0. The van der Waals surface area contributed by atoms with Crippen molar-refractivity contribution in [1.29, 1.82) is 5.26 Å². The molecule has 4 rings (SSSR count). The van der Waals surface area contributed by atoms with Gasteiger partial charge in [-0.15, -0.1) is 0 Å². The molecule has 41 heavy (non-hydrogen) atoms. The van der Waals surface area contributed by atoms with Crippen molar-refractivity contribution >= 4 is 28.6 Å². The average molecular weight is 563 g/mol. The fraction of sp³-hybridized carbons (Fsp3) is 0.483. The summed E-state index contributed by atoms with van der Waals surface area (Å²) in [6, 6.07) is 8.97. The van der Waals surface area contributed by atoms with Crippen molar-refractivity contribution in [2.75, 3.05) is 13.7 Å². The van der Waals surface area contributed by atoms with Gasteiger partial charge in [0.05, 0.1) is 24.9 Å². The van der Waals surface area contributed by atoms with Gasteiger partial charge in [0.2, 0.25) is 11.8 Å². The summed E-state index contributed by atoms with van der Waals surface area (Å²) in [5.74, 6) is -0.537. The largest absolute Gasteiger partial charge is 0.496 e. The van der Waals surface area contributed by atoms with E-state index >= 15 is 0 Å². The van der Waals surface area contributed by atoms with Crippen LogP contribution in [0.4, 0.5) is 0 Å². The number of aryl methyl sites for hydroxylation is 1. The quantitative estimate of drug-likeness (QED) is 0.185. The Bertz CT molecular complexity index is 1420. The van der Waals surface area contributed by atoms with Gasteiger partial charge in [-0.25, -0.2) is 0 Å². The van der Waals surface area contributed by atoms with Gasteiger partial charge in [0.15, 0.2) is 0 Å². The van der Waals surface area contributed by atoms with E-state index in [2.05, 4.69) is 42.5 Å². The van der Waals surface area contributed by atoms with Crippen LogP contribution in [0.25, 0.3) is 10.9 Å². The standard InChI is InChI=1S/C29H38N8O4/c1-16(2)10-23(35-29(40)24-13-20-21(33-24)6-5-7-26(20)41-4)28(39)34-22(12-18-8-9-31-27(18)38)25(14-30)32-15-19-11-17(3)36-37-19/h5-7,11,13,16,18,22-23,25,32-33H,8-10,12,15H2,1-4H3,(H,31,38)(H,34,39)(H,35,40)(H,36,37)/t18-,22-,23-,25?/m0/s1. The summed E-state index contributed by atoms with van der Waals surface area (Å²) in [6.07, 6.45) is 1.29. The van der Waals surface area contributed by atoms with Crippen molar-refractivity contribution in [3.63, 3.8) is 0 Å². The Hall–Kier alpha value is -4.37. The van der Waals surface area contributed by atoms with Gasteiger partial charge in [-0.3, -0.25) is 24.8 Å². The van der Waals surface area contributed by atoms with Gasteiger partial charge in [-0.05, 0) is 56.4 Å². The molecule has 218 valence electrons. The number of nitriles is 1. The summed E-state index contributed by atoms with van der Waals surface area (Å²) in [4.78, 5) is 42.4. The van der Waals surface area contributed by atoms with E-state index in [1.807, 2.05) is 45.0 Å². The second-order valence-electron chi connectivity index (χ2n) is 10.9. The van der Waals surface area contributed by atoms with E-state index in [1.165, 1.54) is 0 Å². The number of carbonyl (C=O) groups excluding carboxylic acids is 3. The molecule has 0 aliphatic carbocycles. The van der Waals surface area contributed by atoms with Gasteiger partial charge in [0, 0.05) is 35.6 Å². The number of hydrogen-bond donors (Lipinski definition) is 6. The molecule has 0 saturated carbocycles. The molecule has 1 unspecified atom stereocenters. The minimum absolute atomic E-state index is 0.0925. The molecule has 2 aromatic heterocycles. The van der Waals surface area contributed by atoms with E-state index in [1.54, 1.807) is 13.2 Å². The number of nitrogens with one attached hydrogen (secondary N) is 6. The third-order valence-electron chi connectivity index (χ3n) is 7.25. The summed E-state index contributed by atoms with van der Waals surface area (Å²) in [5.41, 5.74) is 2.66. The number of benzene rings is 1. The first kappa shape index (κ1) is 29.6. The van der Waals surface area contributed by atoms with Gasteiger partial charge < -0.3 is 25.7 Å². The third-order valence-corrected chi connectivity index (χ3v) is 7.25. The molecule has 1 saturated heterocycles. The fourth-order valence-electron chi connectivity index (χ4n) is 5.16. The van der Waals surface area contributed by atoms with Gasteiger partial charge in [0.1, 0.15) is 23.5 Å². The molecule has 1 aromatic carbocycles. The molecule has 1 aliphatic rings. The number of fused-ring (bicyclic) bond motifs is 1. The molecule has 0 bridgehead atoms. The zero-order valence-corrected chi connectivity index (χ0v) is 23.8. The van der Waals surface area contributed by atoms with Crippen LogP contribution in [0.2, 0.25) is 0 Å². The Labute approximate surface area is 239 Å². The van der Waals surface area contributed by atoms with E-state index in [0.717, 1.165) is 22.3 Å². The molecule has 1 fully saturated rings.